The summed E-state index contributed by atoms with van der Waals surface area (Å²) in [6.45, 7) is 2.67. The molecule has 0 unspecified atom stereocenters. The quantitative estimate of drug-likeness (QED) is 0.463. The maximum atomic E-state index is 5.90. The molecule has 0 aliphatic heterocycles. The average Bonchev–Trinajstić information content (AvgIpc) is 2.20. The highest BCUT2D eigenvalue weighted by Crippen LogP contribution is 2.11. The zero-order chi connectivity index (χ0) is 10.2. The third-order valence-electron chi connectivity index (χ3n) is 1.53. The van der Waals surface area contributed by atoms with E-state index in [4.69, 9.17) is 16.4 Å². The molecule has 1 aromatic rings. The summed E-state index contributed by atoms with van der Waals surface area (Å²) in [4.78, 5) is 4.95. The summed E-state index contributed by atoms with van der Waals surface area (Å²) in [5.74, 6) is 0. The highest BCUT2D eigenvalue weighted by Gasteiger charge is 1.92. The van der Waals surface area contributed by atoms with Gasteiger partial charge in [-0.1, -0.05) is 36.7 Å². The van der Waals surface area contributed by atoms with Gasteiger partial charge in [-0.25, -0.2) is 0 Å². The first kappa shape index (κ1) is 11.0. The van der Waals surface area contributed by atoms with Crippen LogP contribution in [0.25, 0.3) is 0 Å². The fraction of sp³-hybridized carbons (Fsp3) is 0.300. The number of hydrazone groups is 1. The van der Waals surface area contributed by atoms with E-state index < -0.39 is 0 Å². The lowest BCUT2D eigenvalue weighted by Gasteiger charge is -1.99. The third-order valence-corrected chi connectivity index (χ3v) is 1.88. The minimum atomic E-state index is 0.639. The Morgan fingerprint density at radius 1 is 1.50 bits per heavy atom. The van der Waals surface area contributed by atoms with E-state index in [-0.39, 0.29) is 0 Å². The molecular weight excluding hydrogens is 200 g/mol. The molecule has 0 bridgehead atoms. The fourth-order valence-corrected chi connectivity index (χ4v) is 1.05. The van der Waals surface area contributed by atoms with E-state index in [1.807, 2.05) is 31.2 Å². The van der Waals surface area contributed by atoms with Gasteiger partial charge in [0.2, 0.25) is 0 Å². The molecule has 0 atom stereocenters. The molecule has 0 radical (unpaired) electrons. The van der Waals surface area contributed by atoms with E-state index in [0.717, 1.165) is 12.0 Å². The largest absolute Gasteiger partial charge is 0.259 e. The van der Waals surface area contributed by atoms with Gasteiger partial charge in [-0.15, -0.1) is 0 Å². The number of benzene rings is 1. The van der Waals surface area contributed by atoms with Gasteiger partial charge < -0.3 is 0 Å². The summed E-state index contributed by atoms with van der Waals surface area (Å²) in [5, 5.41) is 4.53. The van der Waals surface area contributed by atoms with Gasteiger partial charge in [0.1, 0.15) is 0 Å². The van der Waals surface area contributed by atoms with Crippen LogP contribution in [0.15, 0.2) is 29.4 Å². The molecule has 3 nitrogen and oxygen atoms in total. The molecular formula is C10H13ClN2O. The Kier molecular flexibility index (Phi) is 5.04. The predicted octanol–water partition coefficient (Wildman–Crippen LogP) is 2.61. The topological polar surface area (TPSA) is 33.6 Å². The molecule has 1 rings (SSSR count). The number of nitrogens with zero attached hydrogens (tertiary/aromatic N) is 1. The minimum Gasteiger partial charge on any atom is -0.259 e. The Hall–Kier alpha value is -1.06. The van der Waals surface area contributed by atoms with Gasteiger partial charge in [-0.2, -0.15) is 10.7 Å². The Labute approximate surface area is 88.7 Å². The molecule has 14 heavy (non-hydrogen) atoms. The van der Waals surface area contributed by atoms with Crippen LogP contribution in [0.3, 0.4) is 0 Å². The van der Waals surface area contributed by atoms with E-state index in [2.05, 4.69) is 10.7 Å². The van der Waals surface area contributed by atoms with E-state index >= 15 is 0 Å². The second-order valence-electron chi connectivity index (χ2n) is 2.72. The summed E-state index contributed by atoms with van der Waals surface area (Å²) in [6, 6.07) is 7.48. The van der Waals surface area contributed by atoms with Gasteiger partial charge in [-0.05, 0) is 12.5 Å². The monoisotopic (exact) mass is 212 g/mol. The summed E-state index contributed by atoms with van der Waals surface area (Å²) in [5.41, 5.74) is 3.34. The zero-order valence-corrected chi connectivity index (χ0v) is 8.79. The zero-order valence-electron chi connectivity index (χ0n) is 8.03. The van der Waals surface area contributed by atoms with E-state index in [0.29, 0.717) is 11.6 Å². The van der Waals surface area contributed by atoms with Crippen molar-refractivity contribution in [2.45, 2.75) is 13.3 Å². The standard InChI is InChI=1S/C10H13ClN2O/c1-2-7-14-13-12-8-9-5-3-4-6-10(9)11/h3-6,8,13H,2,7H2,1H3. The van der Waals surface area contributed by atoms with Gasteiger partial charge in [0.05, 0.1) is 12.8 Å². The molecule has 0 aliphatic carbocycles. The van der Waals surface area contributed by atoms with Crippen LogP contribution >= 0.6 is 11.6 Å². The maximum absolute atomic E-state index is 5.90. The van der Waals surface area contributed by atoms with Gasteiger partial charge >= 0.3 is 0 Å². The summed E-state index contributed by atoms with van der Waals surface area (Å²) in [6.07, 6.45) is 2.58. The van der Waals surface area contributed by atoms with Crippen LogP contribution in [0.5, 0.6) is 0 Å². The van der Waals surface area contributed by atoms with E-state index in [1.165, 1.54) is 0 Å². The summed E-state index contributed by atoms with van der Waals surface area (Å²) < 4.78 is 0. The van der Waals surface area contributed by atoms with Gasteiger partial charge in [0.15, 0.2) is 0 Å². The number of rotatable bonds is 5. The van der Waals surface area contributed by atoms with Crippen molar-refractivity contribution >= 4 is 17.8 Å². The maximum Gasteiger partial charge on any atom is 0.0761 e. The molecule has 0 amide bonds. The summed E-state index contributed by atoms with van der Waals surface area (Å²) in [7, 11) is 0. The van der Waals surface area contributed by atoms with Crippen molar-refractivity contribution in [1.29, 1.82) is 0 Å². The van der Waals surface area contributed by atoms with Crippen LogP contribution in [0.4, 0.5) is 0 Å². The lowest BCUT2D eigenvalue weighted by Crippen LogP contribution is -2.07. The summed E-state index contributed by atoms with van der Waals surface area (Å²) >= 11 is 5.90. The smallest absolute Gasteiger partial charge is 0.0761 e. The van der Waals surface area contributed by atoms with E-state index in [9.17, 15) is 0 Å². The number of hydrogen-bond donors (Lipinski definition) is 1. The third kappa shape index (κ3) is 3.77. The Balaban J connectivity index is 2.40. The molecule has 0 aliphatic rings. The van der Waals surface area contributed by atoms with Crippen molar-refractivity contribution in [3.8, 4) is 0 Å². The fourth-order valence-electron chi connectivity index (χ4n) is 0.861. The molecule has 4 heteroatoms. The molecule has 1 aromatic carbocycles. The first-order chi connectivity index (χ1) is 6.84. The molecule has 0 spiro atoms. The molecule has 0 aromatic heterocycles. The van der Waals surface area contributed by atoms with Crippen LogP contribution in [-0.4, -0.2) is 12.8 Å². The molecule has 0 fully saturated rings. The Bertz CT molecular complexity index is 302. The lowest BCUT2D eigenvalue weighted by atomic mass is 10.2. The first-order valence-electron chi connectivity index (χ1n) is 4.49. The molecule has 0 saturated heterocycles. The van der Waals surface area contributed by atoms with Gasteiger partial charge in [-0.3, -0.25) is 4.84 Å². The van der Waals surface area contributed by atoms with Crippen molar-refractivity contribution in [2.75, 3.05) is 6.61 Å². The number of nitrogens with one attached hydrogen (secondary N) is 1. The highest BCUT2D eigenvalue weighted by molar-refractivity contribution is 6.33. The minimum absolute atomic E-state index is 0.639. The van der Waals surface area contributed by atoms with Crippen LogP contribution < -0.4 is 5.59 Å². The second-order valence-corrected chi connectivity index (χ2v) is 3.13. The molecule has 76 valence electrons. The number of hydrogen-bond acceptors (Lipinski definition) is 3. The van der Waals surface area contributed by atoms with Crippen molar-refractivity contribution in [3.63, 3.8) is 0 Å². The number of halogens is 1. The van der Waals surface area contributed by atoms with Crippen LogP contribution in [0.2, 0.25) is 5.02 Å². The first-order valence-corrected chi connectivity index (χ1v) is 4.86. The second kappa shape index (κ2) is 6.40. The van der Waals surface area contributed by atoms with Crippen LogP contribution in [-0.2, 0) is 4.84 Å². The van der Waals surface area contributed by atoms with Crippen molar-refractivity contribution in [2.24, 2.45) is 5.10 Å². The van der Waals surface area contributed by atoms with Crippen molar-refractivity contribution < 1.29 is 4.84 Å². The highest BCUT2D eigenvalue weighted by atomic mass is 35.5. The van der Waals surface area contributed by atoms with Crippen LogP contribution in [0, 0.1) is 0 Å². The lowest BCUT2D eigenvalue weighted by molar-refractivity contribution is 0.0441. The predicted molar refractivity (Wildman–Crippen MR) is 58.4 cm³/mol. The normalized spacial score (nSPS) is 10.7. The van der Waals surface area contributed by atoms with Crippen molar-refractivity contribution in [3.05, 3.63) is 34.9 Å². The Morgan fingerprint density at radius 3 is 3.00 bits per heavy atom. The Morgan fingerprint density at radius 2 is 2.29 bits per heavy atom. The van der Waals surface area contributed by atoms with Crippen LogP contribution in [0.1, 0.15) is 18.9 Å². The van der Waals surface area contributed by atoms with Gasteiger partial charge in [0, 0.05) is 10.6 Å². The SMILES string of the molecule is CCCONN=Cc1ccccc1Cl. The van der Waals surface area contributed by atoms with Crippen molar-refractivity contribution in [1.82, 2.24) is 5.59 Å². The average molecular weight is 213 g/mol. The van der Waals surface area contributed by atoms with Gasteiger partial charge in [0.25, 0.3) is 0 Å². The molecule has 1 N–H and O–H groups in total. The molecule has 0 heterocycles. The van der Waals surface area contributed by atoms with E-state index in [1.54, 1.807) is 6.21 Å². The molecule has 0 saturated carbocycles.